The Morgan fingerprint density at radius 3 is 0.294 bits per heavy atom. The van der Waals surface area contributed by atoms with Crippen LogP contribution in [0.15, 0.2) is 409 Å². The maximum Gasteiger partial charge on any atom is 0.0993 e. The van der Waals surface area contributed by atoms with Crippen molar-refractivity contribution in [2.24, 2.45) is 0 Å². The summed E-state index contributed by atoms with van der Waals surface area (Å²) in [5.41, 5.74) is 20.2. The van der Waals surface area contributed by atoms with E-state index < -0.39 is 0 Å². The molecule has 0 heteroatoms. The predicted molar refractivity (Wildman–Crippen MR) is 423 cm³/mol. The van der Waals surface area contributed by atoms with E-state index in [9.17, 15) is 0 Å². The van der Waals surface area contributed by atoms with Crippen LogP contribution in [0.4, 0.5) is 0 Å². The number of hydrogen-bond donors (Lipinski definition) is 0. The molecule has 0 atom stereocenters. The van der Waals surface area contributed by atoms with E-state index in [1.54, 1.807) is 0 Å². The fraction of sp³-hybridized carbons (Fsp3) is 0. The van der Waals surface area contributed by atoms with Crippen LogP contribution in [-0.4, -0.2) is 0 Å². The molecular formula is C102H60. The van der Waals surface area contributed by atoms with Gasteiger partial charge in [-0.15, -0.1) is 0 Å². The van der Waals surface area contributed by atoms with Crippen LogP contribution >= 0.6 is 0 Å². The third kappa shape index (κ3) is 15.6. The summed E-state index contributed by atoms with van der Waals surface area (Å²) >= 11 is 0. The first kappa shape index (κ1) is 64.6. The summed E-state index contributed by atoms with van der Waals surface area (Å²) in [6, 6.07) is 124. The Hall–Kier alpha value is -14.7. The van der Waals surface area contributed by atoms with E-state index in [-0.39, 0.29) is 0 Å². The van der Waals surface area contributed by atoms with Gasteiger partial charge in [-0.1, -0.05) is 435 Å². The van der Waals surface area contributed by atoms with Crippen molar-refractivity contribution in [1.29, 1.82) is 0 Å². The molecule has 0 amide bonds. The van der Waals surface area contributed by atoms with Crippen LogP contribution < -0.4 is 0 Å². The summed E-state index contributed by atoms with van der Waals surface area (Å²) in [4.78, 5) is 0. The number of rotatable bonds is 12. The Morgan fingerprint density at radius 2 is 0.196 bits per heavy atom. The first-order valence-electron chi connectivity index (χ1n) is 33.7. The third-order valence-corrected chi connectivity index (χ3v) is 17.0. The maximum absolute atomic E-state index is 3.73. The van der Waals surface area contributed by atoms with E-state index in [1.807, 2.05) is 218 Å². The molecule has 0 spiro atoms. The van der Waals surface area contributed by atoms with Gasteiger partial charge in [-0.25, -0.2) is 0 Å². The highest BCUT2D eigenvalue weighted by Crippen LogP contribution is 2.35. The van der Waals surface area contributed by atoms with Gasteiger partial charge in [-0.2, -0.15) is 0 Å². The second-order valence-corrected chi connectivity index (χ2v) is 23.6. The van der Waals surface area contributed by atoms with E-state index in [0.29, 0.717) is 44.6 Å². The lowest BCUT2D eigenvalue weighted by Gasteiger charge is -2.12. The number of benzene rings is 12. The minimum atomic E-state index is 0.329. The molecule has 468 valence electrons. The molecule has 12 aromatic carbocycles. The van der Waals surface area contributed by atoms with Crippen molar-refractivity contribution < 1.29 is 0 Å². The Balaban J connectivity index is 1.18. The third-order valence-electron chi connectivity index (χ3n) is 17.0. The molecule has 0 bridgehead atoms. The van der Waals surface area contributed by atoms with Crippen LogP contribution in [0, 0.1) is 94.7 Å². The van der Waals surface area contributed by atoms with E-state index in [0.717, 1.165) is 100 Å². The topological polar surface area (TPSA) is 0 Å². The summed E-state index contributed by atoms with van der Waals surface area (Å²) in [5.74, 6) is 59.5. The van der Waals surface area contributed by atoms with Gasteiger partial charge in [0.05, 0.1) is 44.6 Å². The van der Waals surface area contributed by atoms with Crippen molar-refractivity contribution >= 4 is 33.4 Å². The first-order valence-corrected chi connectivity index (χ1v) is 33.7. The fourth-order valence-electron chi connectivity index (χ4n) is 12.2. The Morgan fingerprint density at radius 1 is 0.108 bits per heavy atom. The highest BCUT2D eigenvalue weighted by Gasteiger charge is 2.19. The summed E-state index contributed by atoms with van der Waals surface area (Å²) in [6.45, 7) is 0. The summed E-state index contributed by atoms with van der Waals surface area (Å²) < 4.78 is 0. The summed E-state index contributed by atoms with van der Waals surface area (Å²) in [6.07, 6.45) is 0. The van der Waals surface area contributed by atoms with Crippen LogP contribution in [-0.2, 0) is 0 Å². The molecule has 102 heavy (non-hydrogen) atoms. The van der Waals surface area contributed by atoms with Gasteiger partial charge in [0.15, 0.2) is 0 Å². The van der Waals surface area contributed by atoms with Crippen molar-refractivity contribution in [3.63, 3.8) is 0 Å². The van der Waals surface area contributed by atoms with Crippen LogP contribution in [0.1, 0.15) is 66.8 Å². The second kappa shape index (κ2) is 32.4. The lowest BCUT2D eigenvalue weighted by atomic mass is 9.90. The smallest absolute Gasteiger partial charge is 0.0622 e. The van der Waals surface area contributed by atoms with Gasteiger partial charge in [0.2, 0.25) is 0 Å². The zero-order chi connectivity index (χ0) is 68.8. The second-order valence-electron chi connectivity index (χ2n) is 23.6. The molecule has 0 radical (unpaired) electrons. The molecule has 0 fully saturated rings. The molecular weight excluding hydrogens is 1230 g/mol. The van der Waals surface area contributed by atoms with Crippen LogP contribution in [0.2, 0.25) is 0 Å². The highest BCUT2D eigenvalue weighted by atomic mass is 14.2. The SMILES string of the molecule is C1#CC(=C(c2ccccc2)c2ccccc2)C#CC(=C(c2ccccc2)c2ccccc2)C#CC(=C(c2ccccc2)c2ccccc2)C#CC1=C1C#CC(=C(c2ccccc2)c2ccccc2)C#CC(=C(c2ccccc2)c2ccccc2)C#CC(=C(c2ccccc2)c2ccccc2)C#C1. The van der Waals surface area contributed by atoms with Crippen LogP contribution in [0.25, 0.3) is 33.4 Å². The van der Waals surface area contributed by atoms with Gasteiger partial charge in [-0.3, -0.25) is 0 Å². The fourth-order valence-corrected chi connectivity index (χ4v) is 12.2. The van der Waals surface area contributed by atoms with Crippen molar-refractivity contribution in [2.75, 3.05) is 0 Å². The molecule has 2 aliphatic rings. The van der Waals surface area contributed by atoms with E-state index in [2.05, 4.69) is 240 Å². The average molecular weight is 1290 g/mol. The minimum Gasteiger partial charge on any atom is -0.0622 e. The maximum atomic E-state index is 3.73. The predicted octanol–water partition coefficient (Wildman–Crippen LogP) is 21.4. The van der Waals surface area contributed by atoms with Gasteiger partial charge in [0.25, 0.3) is 0 Å². The largest absolute Gasteiger partial charge is 0.0993 e. The monoisotopic (exact) mass is 1280 g/mol. The molecule has 0 aliphatic heterocycles. The molecule has 0 saturated carbocycles. The van der Waals surface area contributed by atoms with Crippen molar-refractivity contribution in [3.8, 4) is 94.7 Å². The van der Waals surface area contributed by atoms with Crippen molar-refractivity contribution in [1.82, 2.24) is 0 Å². The van der Waals surface area contributed by atoms with E-state index in [4.69, 9.17) is 0 Å². The zero-order valence-corrected chi connectivity index (χ0v) is 55.6. The molecule has 0 nitrogen and oxygen atoms in total. The van der Waals surface area contributed by atoms with Gasteiger partial charge in [-0.05, 0) is 90.4 Å². The standard InChI is InChI=1S/C102H60/c1-13-37-79(38-14-1)97(80-39-15-2-16-40-80)91-65-61-77(62-66-92(98(81-41-17-3-18-42-81)82-43-19-4-20-44-82)70-74-95(73-69-91)101(87-53-29-9-30-54-87)88-55-31-10-32-56-88)78-63-67-93(99(83-45-21-5-22-46-83)84-47-23-6-24-48-84)71-75-96(102(89-57-33-11-34-58-89)90-59-35-12-36-60-90)76-72-94(68-64-78)100(85-49-25-7-26-50-85)86-51-27-8-28-52-86/h1-60H. The normalized spacial score (nSPS) is 12.0. The van der Waals surface area contributed by atoms with E-state index >= 15 is 0 Å². The Kier molecular flexibility index (Phi) is 20.5. The first-order chi connectivity index (χ1) is 50.7. The lowest BCUT2D eigenvalue weighted by Crippen LogP contribution is -1.97. The molecule has 12 aromatic rings. The van der Waals surface area contributed by atoms with Gasteiger partial charge >= 0.3 is 0 Å². The molecule has 0 heterocycles. The van der Waals surface area contributed by atoms with Crippen molar-refractivity contribution in [2.45, 2.75) is 0 Å². The molecule has 0 saturated heterocycles. The minimum absolute atomic E-state index is 0.329. The lowest BCUT2D eigenvalue weighted by molar-refractivity contribution is 1.52. The van der Waals surface area contributed by atoms with Crippen LogP contribution in [0.5, 0.6) is 0 Å². The van der Waals surface area contributed by atoms with Gasteiger partial charge < -0.3 is 0 Å². The van der Waals surface area contributed by atoms with Gasteiger partial charge in [0.1, 0.15) is 0 Å². The average Bonchev–Trinajstić information content (AvgIpc) is 0.808. The molecule has 0 N–H and O–H groups in total. The van der Waals surface area contributed by atoms with Crippen LogP contribution in [0.3, 0.4) is 0 Å². The molecule has 14 rings (SSSR count). The van der Waals surface area contributed by atoms with Crippen molar-refractivity contribution in [3.05, 3.63) is 475 Å². The molecule has 2 aliphatic carbocycles. The molecule has 0 aromatic heterocycles. The summed E-state index contributed by atoms with van der Waals surface area (Å²) in [5, 5.41) is 0. The highest BCUT2D eigenvalue weighted by molar-refractivity contribution is 5.96. The Labute approximate surface area is 599 Å². The summed E-state index contributed by atoms with van der Waals surface area (Å²) in [7, 11) is 0. The number of allylic oxidation sites excluding steroid dienone is 8. The zero-order valence-electron chi connectivity index (χ0n) is 55.6. The Bertz CT molecular complexity index is 4980. The number of hydrogen-bond acceptors (Lipinski definition) is 0. The molecule has 0 unspecified atom stereocenters. The van der Waals surface area contributed by atoms with Gasteiger partial charge in [0, 0.05) is 33.4 Å². The quantitative estimate of drug-likeness (QED) is 0.107. The van der Waals surface area contributed by atoms with E-state index in [1.165, 1.54) is 0 Å².